The molecule has 154 valence electrons. The Labute approximate surface area is 171 Å². The van der Waals surface area contributed by atoms with Crippen molar-refractivity contribution in [3.63, 3.8) is 0 Å². The molecule has 0 radical (unpaired) electrons. The second kappa shape index (κ2) is 7.52. The lowest BCUT2D eigenvalue weighted by atomic mass is 9.79. The van der Waals surface area contributed by atoms with Crippen molar-refractivity contribution in [2.45, 2.75) is 50.9 Å². The first-order chi connectivity index (χ1) is 13.8. The van der Waals surface area contributed by atoms with Crippen LogP contribution in [0.5, 0.6) is 0 Å². The van der Waals surface area contributed by atoms with Gasteiger partial charge < -0.3 is 11.1 Å². The van der Waals surface area contributed by atoms with Crippen LogP contribution in [-0.2, 0) is 10.6 Å². The predicted octanol–water partition coefficient (Wildman–Crippen LogP) is 3.70. The monoisotopic (exact) mass is 396 g/mol. The Balaban J connectivity index is 1.59. The van der Waals surface area contributed by atoms with Gasteiger partial charge in [-0.05, 0) is 51.8 Å². The second-order valence-electron chi connectivity index (χ2n) is 8.74. The molecule has 4 rings (SSSR count). The van der Waals surface area contributed by atoms with E-state index in [0.717, 1.165) is 36.3 Å². The molecule has 3 atom stereocenters. The van der Waals surface area contributed by atoms with Crippen molar-refractivity contribution in [3.8, 4) is 11.1 Å². The van der Waals surface area contributed by atoms with Gasteiger partial charge in [0.05, 0.1) is 0 Å². The third kappa shape index (κ3) is 3.92. The van der Waals surface area contributed by atoms with Crippen molar-refractivity contribution in [1.82, 2.24) is 10.8 Å². The molecule has 1 fully saturated rings. The first-order valence-corrected chi connectivity index (χ1v) is 10.2. The van der Waals surface area contributed by atoms with E-state index in [-0.39, 0.29) is 23.3 Å². The van der Waals surface area contributed by atoms with Crippen LogP contribution < -0.4 is 16.5 Å². The van der Waals surface area contributed by atoms with Crippen LogP contribution in [-0.4, -0.2) is 24.0 Å². The molecule has 2 aliphatic rings. The number of hydrogen-bond donors (Lipinski definition) is 3. The summed E-state index contributed by atoms with van der Waals surface area (Å²) in [6, 6.07) is 14.6. The Hall–Kier alpha value is -2.28. The number of hydrogen-bond acceptors (Lipinski definition) is 5. The van der Waals surface area contributed by atoms with Crippen LogP contribution in [0.4, 0.5) is 4.39 Å². The summed E-state index contributed by atoms with van der Waals surface area (Å²) in [5.74, 6) is 0.774. The summed E-state index contributed by atoms with van der Waals surface area (Å²) in [6.07, 6.45) is 2.09. The topological polar surface area (TPSA) is 71.7 Å². The fourth-order valence-corrected chi connectivity index (χ4v) is 4.33. The zero-order valence-corrected chi connectivity index (χ0v) is 17.2. The molecule has 0 aromatic heterocycles. The van der Waals surface area contributed by atoms with Crippen LogP contribution in [0.1, 0.15) is 39.2 Å². The van der Waals surface area contributed by atoms with Crippen LogP contribution in [0, 0.1) is 11.7 Å². The molecule has 2 aromatic carbocycles. The summed E-state index contributed by atoms with van der Waals surface area (Å²) >= 11 is 0. The average Bonchev–Trinajstić information content (AvgIpc) is 3.11. The van der Waals surface area contributed by atoms with Gasteiger partial charge in [0.1, 0.15) is 11.7 Å². The van der Waals surface area contributed by atoms with Crippen molar-refractivity contribution < 1.29 is 9.23 Å². The van der Waals surface area contributed by atoms with Crippen molar-refractivity contribution >= 4 is 5.84 Å². The number of nitrogens with zero attached hydrogens (tertiary/aromatic N) is 1. The van der Waals surface area contributed by atoms with Gasteiger partial charge >= 0.3 is 0 Å². The number of nitrogens with two attached hydrogens (primary N) is 1. The molecule has 4 N–H and O–H groups in total. The van der Waals surface area contributed by atoms with Gasteiger partial charge in [-0.1, -0.05) is 42.5 Å². The summed E-state index contributed by atoms with van der Waals surface area (Å²) in [6.45, 7) is 6.98. The molecule has 3 unspecified atom stereocenters. The van der Waals surface area contributed by atoms with E-state index in [1.54, 1.807) is 12.1 Å². The molecule has 1 saturated heterocycles. The summed E-state index contributed by atoms with van der Waals surface area (Å²) in [5, 5.41) is 3.55. The second-order valence-corrected chi connectivity index (χ2v) is 8.74. The smallest absolute Gasteiger partial charge is 0.209 e. The van der Waals surface area contributed by atoms with Gasteiger partial charge in [-0.25, -0.2) is 19.7 Å². The van der Waals surface area contributed by atoms with Crippen molar-refractivity contribution in [3.05, 3.63) is 59.9 Å². The van der Waals surface area contributed by atoms with Crippen LogP contribution in [0.3, 0.4) is 0 Å². The molecule has 0 bridgehead atoms. The highest BCUT2D eigenvalue weighted by atomic mass is 19.1. The Kier molecular flexibility index (Phi) is 5.19. The molecule has 5 nitrogen and oxygen atoms in total. The van der Waals surface area contributed by atoms with E-state index < -0.39 is 5.72 Å². The molecule has 0 amide bonds. The zero-order valence-electron chi connectivity index (χ0n) is 17.2. The maximum atomic E-state index is 14.1. The lowest BCUT2D eigenvalue weighted by molar-refractivity contribution is -0.0464. The van der Waals surface area contributed by atoms with Crippen LogP contribution >= 0.6 is 0 Å². The van der Waals surface area contributed by atoms with Crippen LogP contribution in [0.2, 0.25) is 0 Å². The molecule has 6 heteroatoms. The molecule has 2 aromatic rings. The Morgan fingerprint density at radius 3 is 2.59 bits per heavy atom. The van der Waals surface area contributed by atoms with Gasteiger partial charge in [0, 0.05) is 28.6 Å². The fraction of sp³-hybridized carbons (Fsp3) is 0.435. The Morgan fingerprint density at radius 1 is 1.17 bits per heavy atom. The molecule has 0 saturated carbocycles. The summed E-state index contributed by atoms with van der Waals surface area (Å²) in [5.41, 5.74) is 10.6. The lowest BCUT2D eigenvalue weighted by Crippen LogP contribution is -2.61. The van der Waals surface area contributed by atoms with E-state index >= 15 is 0 Å². The third-order valence-corrected chi connectivity index (χ3v) is 5.90. The number of amidine groups is 1. The average molecular weight is 397 g/mol. The Morgan fingerprint density at radius 2 is 1.90 bits per heavy atom. The number of hydroxylamine groups is 1. The van der Waals surface area contributed by atoms with E-state index in [2.05, 4.69) is 10.8 Å². The highest BCUT2D eigenvalue weighted by Gasteiger charge is 2.42. The van der Waals surface area contributed by atoms with Crippen LogP contribution in [0.15, 0.2) is 53.5 Å². The number of rotatable bonds is 4. The quantitative estimate of drug-likeness (QED) is 0.737. The summed E-state index contributed by atoms with van der Waals surface area (Å²) in [4.78, 5) is 10.8. The van der Waals surface area contributed by atoms with Gasteiger partial charge in [0.2, 0.25) is 5.72 Å². The minimum atomic E-state index is -0.830. The normalized spacial score (nSPS) is 27.4. The highest BCUT2D eigenvalue weighted by molar-refractivity contribution is 5.86. The standard InChI is InChI=1S/C23H29FN4O/c1-22(2,25)20-18(8-6-14-26-20)21-27-23(3,29-28-21)16-12-10-15(11-13-16)17-7-4-5-9-19(17)24/h4-5,7,9-13,18,20,26H,6,8,14,25H2,1-3H3,(H,27,28). The Bertz CT molecular complexity index is 906. The highest BCUT2D eigenvalue weighted by Crippen LogP contribution is 2.35. The van der Waals surface area contributed by atoms with E-state index in [9.17, 15) is 4.39 Å². The molecule has 0 aliphatic carbocycles. The van der Waals surface area contributed by atoms with Gasteiger partial charge in [-0.3, -0.25) is 0 Å². The van der Waals surface area contributed by atoms with Gasteiger partial charge in [-0.2, -0.15) is 0 Å². The van der Waals surface area contributed by atoms with Gasteiger partial charge in [-0.15, -0.1) is 0 Å². The summed E-state index contributed by atoms with van der Waals surface area (Å²) in [7, 11) is 0. The predicted molar refractivity (Wildman–Crippen MR) is 114 cm³/mol. The van der Waals surface area contributed by atoms with Crippen molar-refractivity contribution in [1.29, 1.82) is 0 Å². The molecule has 29 heavy (non-hydrogen) atoms. The largest absolute Gasteiger partial charge is 0.324 e. The third-order valence-electron chi connectivity index (χ3n) is 5.90. The summed E-state index contributed by atoms with van der Waals surface area (Å²) < 4.78 is 14.1. The van der Waals surface area contributed by atoms with Crippen molar-refractivity contribution in [2.24, 2.45) is 16.6 Å². The van der Waals surface area contributed by atoms with E-state index in [1.807, 2.05) is 51.1 Å². The van der Waals surface area contributed by atoms with E-state index in [4.69, 9.17) is 15.6 Å². The van der Waals surface area contributed by atoms with Gasteiger partial charge in [0.15, 0.2) is 0 Å². The molecule has 2 heterocycles. The van der Waals surface area contributed by atoms with E-state index in [0.29, 0.717) is 5.56 Å². The van der Waals surface area contributed by atoms with Gasteiger partial charge in [0.25, 0.3) is 0 Å². The molecule has 0 spiro atoms. The fourth-order valence-electron chi connectivity index (χ4n) is 4.33. The zero-order chi connectivity index (χ0) is 20.6. The molecular formula is C23H29FN4O. The maximum Gasteiger partial charge on any atom is 0.209 e. The number of benzene rings is 2. The lowest BCUT2D eigenvalue weighted by Gasteiger charge is -2.40. The first kappa shape index (κ1) is 20.0. The number of nitrogens with one attached hydrogen (secondary N) is 2. The molecular weight excluding hydrogens is 367 g/mol. The number of aliphatic imine (C=N–C) groups is 1. The maximum absolute atomic E-state index is 14.1. The minimum absolute atomic E-state index is 0.122. The SMILES string of the molecule is CC1(c2ccc(-c3ccccc3F)cc2)N=C(C2CCCNC2C(C)(C)N)NO1. The van der Waals surface area contributed by atoms with Crippen molar-refractivity contribution in [2.75, 3.05) is 6.54 Å². The minimum Gasteiger partial charge on any atom is -0.324 e. The van der Waals surface area contributed by atoms with Crippen LogP contribution in [0.25, 0.3) is 11.1 Å². The first-order valence-electron chi connectivity index (χ1n) is 10.2. The number of halogens is 1. The van der Waals surface area contributed by atoms with E-state index in [1.165, 1.54) is 6.07 Å². The molecule has 2 aliphatic heterocycles. The number of piperidine rings is 1.